The molecule has 12 heavy (non-hydrogen) atoms. The summed E-state index contributed by atoms with van der Waals surface area (Å²) in [7, 11) is 0. The minimum absolute atomic E-state index is 0.514. The molecule has 0 aliphatic heterocycles. The minimum Gasteiger partial charge on any atom is -0.161 e. The Morgan fingerprint density at radius 3 is 2.67 bits per heavy atom. The van der Waals surface area contributed by atoms with E-state index in [9.17, 15) is 0 Å². The average molecular weight is 166 g/mol. The summed E-state index contributed by atoms with van der Waals surface area (Å²) in [5.41, 5.74) is 0. The lowest BCUT2D eigenvalue weighted by Gasteiger charge is -2.36. The van der Waals surface area contributed by atoms with Crippen LogP contribution in [0.1, 0.15) is 32.7 Å². The first-order valence-electron chi connectivity index (χ1n) is 4.50. The fourth-order valence-electron chi connectivity index (χ4n) is 1.71. The summed E-state index contributed by atoms with van der Waals surface area (Å²) >= 11 is 0. The lowest BCUT2D eigenvalue weighted by atomic mass is 9.74. The highest BCUT2D eigenvalue weighted by molar-refractivity contribution is 4.82. The zero-order chi connectivity index (χ0) is 8.55. The zero-order valence-electron chi connectivity index (χ0n) is 7.51. The van der Waals surface area contributed by atoms with E-state index < -0.39 is 0 Å². The molecule has 1 saturated carbocycles. The standard InChI is InChI=1S/C8H14N4/c1-6(2)7-3-8(4-7)12-10-5-9-11-12/h5-8H,3-4H2,1-2H3. The molecule has 0 radical (unpaired) electrons. The van der Waals surface area contributed by atoms with Crippen LogP contribution in [0.4, 0.5) is 0 Å². The summed E-state index contributed by atoms with van der Waals surface area (Å²) in [5, 5.41) is 11.6. The number of hydrogen-bond donors (Lipinski definition) is 0. The minimum atomic E-state index is 0.514. The molecular formula is C8H14N4. The third-order valence-electron chi connectivity index (χ3n) is 2.78. The van der Waals surface area contributed by atoms with Crippen LogP contribution in [0.5, 0.6) is 0 Å². The summed E-state index contributed by atoms with van der Waals surface area (Å²) < 4.78 is 0. The van der Waals surface area contributed by atoms with E-state index in [2.05, 4.69) is 29.3 Å². The Kier molecular flexibility index (Phi) is 1.83. The third-order valence-corrected chi connectivity index (χ3v) is 2.78. The molecule has 1 aliphatic carbocycles. The number of aromatic nitrogens is 4. The number of rotatable bonds is 2. The second kappa shape index (κ2) is 2.84. The van der Waals surface area contributed by atoms with Gasteiger partial charge in [0, 0.05) is 0 Å². The molecule has 1 aliphatic rings. The molecule has 0 amide bonds. The molecule has 4 heteroatoms. The van der Waals surface area contributed by atoms with Crippen molar-refractivity contribution in [2.45, 2.75) is 32.7 Å². The molecule has 0 spiro atoms. The van der Waals surface area contributed by atoms with Gasteiger partial charge in [-0.2, -0.15) is 4.80 Å². The highest BCUT2D eigenvalue weighted by Crippen LogP contribution is 2.40. The van der Waals surface area contributed by atoms with Gasteiger partial charge in [0.25, 0.3) is 0 Å². The lowest BCUT2D eigenvalue weighted by molar-refractivity contribution is 0.123. The monoisotopic (exact) mass is 166 g/mol. The van der Waals surface area contributed by atoms with Gasteiger partial charge >= 0.3 is 0 Å². The van der Waals surface area contributed by atoms with Crippen LogP contribution in [0.2, 0.25) is 0 Å². The largest absolute Gasteiger partial charge is 0.162 e. The average Bonchev–Trinajstić information content (AvgIpc) is 2.34. The first-order chi connectivity index (χ1) is 5.77. The van der Waals surface area contributed by atoms with Gasteiger partial charge < -0.3 is 0 Å². The number of nitrogens with zero attached hydrogens (tertiary/aromatic N) is 4. The topological polar surface area (TPSA) is 43.6 Å². The van der Waals surface area contributed by atoms with Gasteiger partial charge in [0.1, 0.15) is 0 Å². The van der Waals surface area contributed by atoms with Crippen LogP contribution in [-0.2, 0) is 0 Å². The number of tetrazole rings is 1. The van der Waals surface area contributed by atoms with Crippen molar-refractivity contribution in [2.24, 2.45) is 11.8 Å². The van der Waals surface area contributed by atoms with E-state index in [1.165, 1.54) is 19.2 Å². The second-order valence-corrected chi connectivity index (χ2v) is 3.89. The van der Waals surface area contributed by atoms with E-state index in [1.807, 2.05) is 0 Å². The van der Waals surface area contributed by atoms with Crippen molar-refractivity contribution in [1.82, 2.24) is 20.2 Å². The molecule has 0 saturated heterocycles. The van der Waals surface area contributed by atoms with Crippen LogP contribution in [0.15, 0.2) is 6.33 Å². The van der Waals surface area contributed by atoms with Crippen molar-refractivity contribution in [2.75, 3.05) is 0 Å². The van der Waals surface area contributed by atoms with Crippen molar-refractivity contribution in [3.05, 3.63) is 6.33 Å². The maximum Gasteiger partial charge on any atom is 0.162 e. The molecule has 1 aromatic rings. The predicted molar refractivity (Wildman–Crippen MR) is 44.4 cm³/mol. The third kappa shape index (κ3) is 1.21. The van der Waals surface area contributed by atoms with E-state index in [4.69, 9.17) is 0 Å². The highest BCUT2D eigenvalue weighted by Gasteiger charge is 2.33. The Morgan fingerprint density at radius 2 is 2.17 bits per heavy atom. The molecule has 0 N–H and O–H groups in total. The Bertz CT molecular complexity index is 236. The Labute approximate surface area is 72.0 Å². The maximum atomic E-state index is 4.03. The molecule has 66 valence electrons. The normalized spacial score (nSPS) is 28.9. The van der Waals surface area contributed by atoms with Gasteiger partial charge in [0.15, 0.2) is 6.33 Å². The van der Waals surface area contributed by atoms with Crippen LogP contribution in [0, 0.1) is 11.8 Å². The van der Waals surface area contributed by atoms with Gasteiger partial charge in [0.2, 0.25) is 0 Å². The molecule has 2 rings (SSSR count). The van der Waals surface area contributed by atoms with Gasteiger partial charge in [-0.1, -0.05) is 13.8 Å². The molecule has 1 aromatic heterocycles. The Morgan fingerprint density at radius 1 is 1.42 bits per heavy atom. The van der Waals surface area contributed by atoms with Gasteiger partial charge in [-0.05, 0) is 29.9 Å². The second-order valence-electron chi connectivity index (χ2n) is 3.89. The molecule has 0 bridgehead atoms. The Balaban J connectivity index is 1.90. The van der Waals surface area contributed by atoms with E-state index in [0.29, 0.717) is 6.04 Å². The SMILES string of the molecule is CC(C)C1CC(n2ncnn2)C1. The molecule has 0 unspecified atom stereocenters. The summed E-state index contributed by atoms with van der Waals surface area (Å²) in [5.74, 6) is 1.66. The molecule has 0 atom stereocenters. The van der Waals surface area contributed by atoms with Gasteiger partial charge in [-0.15, -0.1) is 10.2 Å². The quantitative estimate of drug-likeness (QED) is 0.664. The van der Waals surface area contributed by atoms with Crippen LogP contribution in [0.25, 0.3) is 0 Å². The molecular weight excluding hydrogens is 152 g/mol. The summed E-state index contributed by atoms with van der Waals surface area (Å²) in [6.45, 7) is 4.55. The van der Waals surface area contributed by atoms with Crippen molar-refractivity contribution < 1.29 is 0 Å². The van der Waals surface area contributed by atoms with E-state index >= 15 is 0 Å². The van der Waals surface area contributed by atoms with E-state index in [0.717, 1.165) is 11.8 Å². The van der Waals surface area contributed by atoms with Crippen molar-refractivity contribution in [3.63, 3.8) is 0 Å². The smallest absolute Gasteiger partial charge is 0.161 e. The van der Waals surface area contributed by atoms with E-state index in [1.54, 1.807) is 4.80 Å². The van der Waals surface area contributed by atoms with E-state index in [-0.39, 0.29) is 0 Å². The fraction of sp³-hybridized carbons (Fsp3) is 0.875. The van der Waals surface area contributed by atoms with Gasteiger partial charge in [-0.3, -0.25) is 0 Å². The van der Waals surface area contributed by atoms with Crippen molar-refractivity contribution in [1.29, 1.82) is 0 Å². The zero-order valence-corrected chi connectivity index (χ0v) is 7.51. The molecule has 1 heterocycles. The Hall–Kier alpha value is -0.930. The summed E-state index contributed by atoms with van der Waals surface area (Å²) in [6.07, 6.45) is 3.94. The predicted octanol–water partition coefficient (Wildman–Crippen LogP) is 1.28. The van der Waals surface area contributed by atoms with Gasteiger partial charge in [0.05, 0.1) is 6.04 Å². The van der Waals surface area contributed by atoms with Crippen LogP contribution in [0.3, 0.4) is 0 Å². The van der Waals surface area contributed by atoms with Gasteiger partial charge in [-0.25, -0.2) is 0 Å². The van der Waals surface area contributed by atoms with Crippen LogP contribution < -0.4 is 0 Å². The lowest BCUT2D eigenvalue weighted by Crippen LogP contribution is -2.31. The molecule has 0 aromatic carbocycles. The first kappa shape index (κ1) is 7.71. The van der Waals surface area contributed by atoms with Crippen molar-refractivity contribution >= 4 is 0 Å². The van der Waals surface area contributed by atoms with Crippen molar-refractivity contribution in [3.8, 4) is 0 Å². The molecule has 1 fully saturated rings. The summed E-state index contributed by atoms with van der Waals surface area (Å²) in [4.78, 5) is 1.74. The fourth-order valence-corrected chi connectivity index (χ4v) is 1.71. The maximum absolute atomic E-state index is 4.03. The molecule has 4 nitrogen and oxygen atoms in total. The van der Waals surface area contributed by atoms with Crippen LogP contribution >= 0.6 is 0 Å². The highest BCUT2D eigenvalue weighted by atomic mass is 15.6. The summed E-state index contributed by atoms with van der Waals surface area (Å²) in [6, 6.07) is 0.514. The first-order valence-corrected chi connectivity index (χ1v) is 4.50. The van der Waals surface area contributed by atoms with Crippen LogP contribution in [-0.4, -0.2) is 20.2 Å². The number of hydrogen-bond acceptors (Lipinski definition) is 3.